The van der Waals surface area contributed by atoms with E-state index in [0.29, 0.717) is 36.2 Å². The Hall–Kier alpha value is -3.29. The van der Waals surface area contributed by atoms with Gasteiger partial charge in [-0.3, -0.25) is 20.4 Å². The molecule has 1 heterocycles. The fourth-order valence-corrected chi connectivity index (χ4v) is 2.40. The maximum atomic E-state index is 12.4. The van der Waals surface area contributed by atoms with Crippen molar-refractivity contribution in [2.45, 2.75) is 27.2 Å². The average molecular weight is 401 g/mol. The summed E-state index contributed by atoms with van der Waals surface area (Å²) >= 11 is 0. The maximum Gasteiger partial charge on any atom is 0.275 e. The Morgan fingerprint density at radius 3 is 2.52 bits per heavy atom. The lowest BCUT2D eigenvalue weighted by molar-refractivity contribution is 0.0843. The van der Waals surface area contributed by atoms with Crippen molar-refractivity contribution in [2.24, 2.45) is 5.92 Å². The number of hydrogen-bond acceptors (Lipinski definition) is 6. The number of amides is 2. The van der Waals surface area contributed by atoms with Gasteiger partial charge in [0.2, 0.25) is 5.88 Å². The zero-order valence-electron chi connectivity index (χ0n) is 17.2. The molecule has 0 unspecified atom stereocenters. The number of carbonyl (C=O) groups is 2. The molecular formula is C21H27N3O5. The highest BCUT2D eigenvalue weighted by Gasteiger charge is 2.16. The minimum absolute atomic E-state index is 0.200. The van der Waals surface area contributed by atoms with Crippen molar-refractivity contribution in [3.8, 4) is 17.4 Å². The van der Waals surface area contributed by atoms with Crippen LogP contribution in [0.2, 0.25) is 0 Å². The summed E-state index contributed by atoms with van der Waals surface area (Å²) in [4.78, 5) is 28.8. The van der Waals surface area contributed by atoms with Crippen molar-refractivity contribution in [2.75, 3.05) is 20.3 Å². The Bertz CT molecular complexity index is 839. The van der Waals surface area contributed by atoms with Gasteiger partial charge in [0.25, 0.3) is 11.8 Å². The highest BCUT2D eigenvalue weighted by molar-refractivity contribution is 6.00. The molecule has 0 bridgehead atoms. The van der Waals surface area contributed by atoms with E-state index in [9.17, 15) is 9.59 Å². The molecule has 0 atom stereocenters. The van der Waals surface area contributed by atoms with Crippen LogP contribution in [0.3, 0.4) is 0 Å². The molecule has 1 aromatic carbocycles. The van der Waals surface area contributed by atoms with Crippen LogP contribution in [0, 0.1) is 5.92 Å². The number of pyridine rings is 1. The van der Waals surface area contributed by atoms with Gasteiger partial charge >= 0.3 is 0 Å². The molecule has 0 saturated carbocycles. The molecule has 2 aromatic rings. The number of benzene rings is 1. The minimum atomic E-state index is -0.532. The molecule has 1 aromatic heterocycles. The summed E-state index contributed by atoms with van der Waals surface area (Å²) in [7, 11) is 1.51. The van der Waals surface area contributed by atoms with Crippen LogP contribution in [-0.4, -0.2) is 37.1 Å². The molecule has 0 spiro atoms. The molecule has 29 heavy (non-hydrogen) atoms. The third-order valence-electron chi connectivity index (χ3n) is 3.96. The molecule has 0 aliphatic carbocycles. The summed E-state index contributed by atoms with van der Waals surface area (Å²) in [6.45, 7) is 6.95. The Balaban J connectivity index is 2.01. The van der Waals surface area contributed by atoms with Crippen molar-refractivity contribution in [3.63, 3.8) is 0 Å². The van der Waals surface area contributed by atoms with Crippen LogP contribution in [-0.2, 0) is 0 Å². The Labute approximate surface area is 170 Å². The molecule has 8 heteroatoms. The number of hydrazine groups is 1. The van der Waals surface area contributed by atoms with Crippen molar-refractivity contribution >= 4 is 11.8 Å². The largest absolute Gasteiger partial charge is 0.493 e. The minimum Gasteiger partial charge on any atom is -0.493 e. The highest BCUT2D eigenvalue weighted by Crippen LogP contribution is 2.28. The number of methoxy groups -OCH3 is 1. The van der Waals surface area contributed by atoms with Crippen LogP contribution in [0.15, 0.2) is 36.5 Å². The first-order chi connectivity index (χ1) is 14.0. The number of hydrogen-bond donors (Lipinski definition) is 2. The SMILES string of the molecule is CCOc1ncccc1C(=O)NNC(=O)c1ccc(OCCC(C)C)c(OC)c1. The first-order valence-corrected chi connectivity index (χ1v) is 9.45. The van der Waals surface area contributed by atoms with E-state index < -0.39 is 11.8 Å². The molecule has 2 N–H and O–H groups in total. The average Bonchev–Trinajstić information content (AvgIpc) is 2.72. The third-order valence-corrected chi connectivity index (χ3v) is 3.96. The predicted octanol–water partition coefficient (Wildman–Crippen LogP) is 2.99. The number of carbonyl (C=O) groups excluding carboxylic acids is 2. The van der Waals surface area contributed by atoms with Gasteiger partial charge in [-0.05, 0) is 49.6 Å². The van der Waals surface area contributed by atoms with Gasteiger partial charge in [0.1, 0.15) is 5.56 Å². The summed E-state index contributed by atoms with van der Waals surface area (Å²) in [6, 6.07) is 8.00. The number of aromatic nitrogens is 1. The van der Waals surface area contributed by atoms with Gasteiger partial charge in [0, 0.05) is 11.8 Å². The van der Waals surface area contributed by atoms with E-state index in [0.717, 1.165) is 6.42 Å². The van der Waals surface area contributed by atoms with Gasteiger partial charge in [0.15, 0.2) is 11.5 Å². The Morgan fingerprint density at radius 2 is 1.83 bits per heavy atom. The van der Waals surface area contributed by atoms with E-state index in [1.54, 1.807) is 37.3 Å². The topological polar surface area (TPSA) is 98.8 Å². The van der Waals surface area contributed by atoms with Crippen LogP contribution < -0.4 is 25.1 Å². The molecule has 0 saturated heterocycles. The van der Waals surface area contributed by atoms with Crippen LogP contribution in [0.1, 0.15) is 47.9 Å². The van der Waals surface area contributed by atoms with Gasteiger partial charge in [-0.15, -0.1) is 0 Å². The molecule has 2 rings (SSSR count). The Morgan fingerprint density at radius 1 is 1.07 bits per heavy atom. The highest BCUT2D eigenvalue weighted by atomic mass is 16.5. The lowest BCUT2D eigenvalue weighted by Crippen LogP contribution is -2.41. The standard InChI is InChI=1S/C21H27N3O5/c1-5-28-21-16(7-6-11-22-21)20(26)24-23-19(25)15-8-9-17(18(13-15)27-4)29-12-10-14(2)3/h6-9,11,13-14H,5,10,12H2,1-4H3,(H,23,25)(H,24,26). The quantitative estimate of drug-likeness (QED) is 0.627. The summed E-state index contributed by atoms with van der Waals surface area (Å²) in [5.41, 5.74) is 5.28. The van der Waals surface area contributed by atoms with E-state index in [4.69, 9.17) is 14.2 Å². The van der Waals surface area contributed by atoms with E-state index >= 15 is 0 Å². The molecule has 8 nitrogen and oxygen atoms in total. The normalized spacial score (nSPS) is 10.4. The van der Waals surface area contributed by atoms with Crippen LogP contribution in [0.5, 0.6) is 17.4 Å². The van der Waals surface area contributed by atoms with Gasteiger partial charge in [-0.25, -0.2) is 4.98 Å². The van der Waals surface area contributed by atoms with Crippen molar-refractivity contribution in [1.82, 2.24) is 15.8 Å². The van der Waals surface area contributed by atoms with Crippen molar-refractivity contribution in [3.05, 3.63) is 47.7 Å². The second-order valence-electron chi connectivity index (χ2n) is 6.59. The molecular weight excluding hydrogens is 374 g/mol. The van der Waals surface area contributed by atoms with E-state index in [2.05, 4.69) is 29.7 Å². The molecule has 0 aliphatic heterocycles. The monoisotopic (exact) mass is 401 g/mol. The summed E-state index contributed by atoms with van der Waals surface area (Å²) < 4.78 is 16.4. The second kappa shape index (κ2) is 10.9. The lowest BCUT2D eigenvalue weighted by Gasteiger charge is -2.13. The fraction of sp³-hybridized carbons (Fsp3) is 0.381. The Kier molecular flexibility index (Phi) is 8.27. The fourth-order valence-electron chi connectivity index (χ4n) is 2.40. The molecule has 156 valence electrons. The van der Waals surface area contributed by atoms with Crippen molar-refractivity contribution < 1.29 is 23.8 Å². The number of ether oxygens (including phenoxy) is 3. The van der Waals surface area contributed by atoms with Gasteiger partial charge in [-0.1, -0.05) is 13.8 Å². The summed E-state index contributed by atoms with van der Waals surface area (Å²) in [6.07, 6.45) is 2.44. The van der Waals surface area contributed by atoms with E-state index in [1.807, 2.05) is 0 Å². The number of nitrogens with one attached hydrogen (secondary N) is 2. The van der Waals surface area contributed by atoms with E-state index in [1.165, 1.54) is 13.3 Å². The first kappa shape index (κ1) is 22.0. The first-order valence-electron chi connectivity index (χ1n) is 9.45. The van der Waals surface area contributed by atoms with Crippen molar-refractivity contribution in [1.29, 1.82) is 0 Å². The smallest absolute Gasteiger partial charge is 0.275 e. The zero-order valence-corrected chi connectivity index (χ0v) is 17.2. The van der Waals surface area contributed by atoms with Crippen LogP contribution in [0.25, 0.3) is 0 Å². The van der Waals surface area contributed by atoms with Crippen LogP contribution in [0.4, 0.5) is 0 Å². The molecule has 0 fully saturated rings. The zero-order chi connectivity index (χ0) is 21.2. The van der Waals surface area contributed by atoms with Crippen LogP contribution >= 0.6 is 0 Å². The van der Waals surface area contributed by atoms with Gasteiger partial charge in [0.05, 0.1) is 20.3 Å². The van der Waals surface area contributed by atoms with Gasteiger partial charge in [-0.2, -0.15) is 0 Å². The van der Waals surface area contributed by atoms with E-state index in [-0.39, 0.29) is 11.4 Å². The number of nitrogens with zero attached hydrogens (tertiary/aromatic N) is 1. The molecule has 2 amide bonds. The number of rotatable bonds is 9. The third kappa shape index (κ3) is 6.38. The summed E-state index contributed by atoms with van der Waals surface area (Å²) in [5, 5.41) is 0. The summed E-state index contributed by atoms with van der Waals surface area (Å²) in [5.74, 6) is 0.704. The molecule has 0 aliphatic rings. The predicted molar refractivity (Wildman–Crippen MR) is 108 cm³/mol. The molecule has 0 radical (unpaired) electrons. The second-order valence-corrected chi connectivity index (χ2v) is 6.59. The maximum absolute atomic E-state index is 12.4. The lowest BCUT2D eigenvalue weighted by atomic mass is 10.1. The van der Waals surface area contributed by atoms with Gasteiger partial charge < -0.3 is 14.2 Å².